The van der Waals surface area contributed by atoms with Crippen LogP contribution in [0.3, 0.4) is 0 Å². The molecule has 1 fully saturated rings. The molecule has 1 unspecified atom stereocenters. The van der Waals surface area contributed by atoms with Crippen LogP contribution in [0.1, 0.15) is 18.6 Å². The van der Waals surface area contributed by atoms with E-state index in [1.165, 1.54) is 0 Å². The Labute approximate surface area is 166 Å². The summed E-state index contributed by atoms with van der Waals surface area (Å²) in [5, 5.41) is 6.88. The van der Waals surface area contributed by atoms with Gasteiger partial charge < -0.3 is 20.0 Å². The zero-order valence-electron chi connectivity index (χ0n) is 14.5. The Kier molecular flexibility index (Phi) is 8.03. The first-order valence-corrected chi connectivity index (χ1v) is 8.50. The number of hydrogen-bond acceptors (Lipinski definition) is 4. The van der Waals surface area contributed by atoms with Gasteiger partial charge in [0, 0.05) is 45.3 Å². The maximum atomic E-state index is 5.35. The van der Waals surface area contributed by atoms with Crippen LogP contribution in [-0.2, 0) is 6.42 Å². The van der Waals surface area contributed by atoms with Crippen LogP contribution < -0.4 is 15.5 Å². The number of rotatable bonds is 5. The van der Waals surface area contributed by atoms with Crippen molar-refractivity contribution in [3.05, 3.63) is 48.6 Å². The number of nitrogens with zero attached hydrogens (tertiary/aromatic N) is 3. The molecule has 2 aromatic rings. The first-order chi connectivity index (χ1) is 11.8. The van der Waals surface area contributed by atoms with Crippen LogP contribution in [0.25, 0.3) is 0 Å². The zero-order valence-corrected chi connectivity index (χ0v) is 16.8. The molecule has 2 aromatic heterocycles. The van der Waals surface area contributed by atoms with E-state index in [-0.39, 0.29) is 24.0 Å². The van der Waals surface area contributed by atoms with Gasteiger partial charge in [-0.15, -0.1) is 24.0 Å². The summed E-state index contributed by atoms with van der Waals surface area (Å²) in [5.74, 6) is 2.87. The third kappa shape index (κ3) is 5.91. The van der Waals surface area contributed by atoms with Crippen molar-refractivity contribution in [1.29, 1.82) is 0 Å². The second-order valence-corrected chi connectivity index (χ2v) is 5.95. The molecule has 7 heteroatoms. The monoisotopic (exact) mass is 455 g/mol. The summed E-state index contributed by atoms with van der Waals surface area (Å²) in [6.07, 6.45) is 6.69. The maximum Gasteiger partial charge on any atom is 0.191 e. The summed E-state index contributed by atoms with van der Waals surface area (Å²) in [6.45, 7) is 2.79. The minimum Gasteiger partial charge on any atom is -0.469 e. The van der Waals surface area contributed by atoms with Gasteiger partial charge in [0.1, 0.15) is 11.6 Å². The number of furan rings is 1. The lowest BCUT2D eigenvalue weighted by atomic mass is 10.1. The highest BCUT2D eigenvalue weighted by Gasteiger charge is 2.21. The number of pyridine rings is 1. The number of hydrogen-bond donors (Lipinski definition) is 2. The number of aliphatic imine (C=N–C) groups is 1. The molecule has 136 valence electrons. The first kappa shape index (κ1) is 19.6. The molecule has 1 saturated heterocycles. The topological polar surface area (TPSA) is 65.7 Å². The van der Waals surface area contributed by atoms with Crippen LogP contribution in [-0.4, -0.2) is 43.7 Å². The molecule has 0 bridgehead atoms. The summed E-state index contributed by atoms with van der Waals surface area (Å²) in [5.41, 5.74) is 0. The largest absolute Gasteiger partial charge is 0.469 e. The Hall–Kier alpha value is -1.77. The fraction of sp³-hybridized carbons (Fsp3) is 0.444. The molecule has 3 heterocycles. The summed E-state index contributed by atoms with van der Waals surface area (Å²) in [7, 11) is 1.81. The molecule has 2 N–H and O–H groups in total. The molecule has 0 radical (unpaired) electrons. The lowest BCUT2D eigenvalue weighted by Gasteiger charge is -2.34. The fourth-order valence-corrected chi connectivity index (χ4v) is 2.99. The van der Waals surface area contributed by atoms with E-state index < -0.39 is 0 Å². The molecule has 0 saturated carbocycles. The number of halogens is 1. The van der Waals surface area contributed by atoms with E-state index >= 15 is 0 Å². The van der Waals surface area contributed by atoms with E-state index in [4.69, 9.17) is 4.42 Å². The molecular formula is C18H26IN5O. The van der Waals surface area contributed by atoms with Gasteiger partial charge in [-0.3, -0.25) is 4.99 Å². The normalized spacial score (nSPS) is 17.7. The molecule has 1 aliphatic heterocycles. The van der Waals surface area contributed by atoms with Gasteiger partial charge in [0.2, 0.25) is 0 Å². The lowest BCUT2D eigenvalue weighted by Crippen LogP contribution is -2.51. The third-order valence-corrected chi connectivity index (χ3v) is 4.20. The lowest BCUT2D eigenvalue weighted by molar-refractivity contribution is 0.464. The second kappa shape index (κ2) is 10.3. The van der Waals surface area contributed by atoms with Crippen molar-refractivity contribution in [1.82, 2.24) is 15.6 Å². The Bertz CT molecular complexity index is 632. The first-order valence-electron chi connectivity index (χ1n) is 8.50. The minimum atomic E-state index is 0. The Morgan fingerprint density at radius 3 is 3.00 bits per heavy atom. The van der Waals surface area contributed by atoms with E-state index in [0.29, 0.717) is 6.04 Å². The molecule has 1 atom stereocenters. The fourth-order valence-electron chi connectivity index (χ4n) is 2.99. The van der Waals surface area contributed by atoms with Gasteiger partial charge in [-0.25, -0.2) is 4.98 Å². The SMILES string of the molecule is CN=C(NCCc1ccco1)NC1CCCN(c2ccccn2)C1.I. The standard InChI is InChI=1S/C18H25N5O.HI/c1-19-18(21-11-9-16-7-5-13-24-16)22-15-6-4-12-23(14-15)17-8-2-3-10-20-17;/h2-3,5,7-8,10,13,15H,4,6,9,11-12,14H2,1H3,(H2,19,21,22);1H. The van der Waals surface area contributed by atoms with Gasteiger partial charge in [-0.1, -0.05) is 6.07 Å². The highest BCUT2D eigenvalue weighted by molar-refractivity contribution is 14.0. The second-order valence-electron chi connectivity index (χ2n) is 5.95. The van der Waals surface area contributed by atoms with Gasteiger partial charge in [0.15, 0.2) is 5.96 Å². The number of piperidine rings is 1. The van der Waals surface area contributed by atoms with Gasteiger partial charge in [-0.2, -0.15) is 0 Å². The quantitative estimate of drug-likeness (QED) is 0.413. The van der Waals surface area contributed by atoms with Crippen LogP contribution in [0, 0.1) is 0 Å². The van der Waals surface area contributed by atoms with Crippen LogP contribution in [0.15, 0.2) is 52.2 Å². The average molecular weight is 455 g/mol. The van der Waals surface area contributed by atoms with Gasteiger partial charge in [-0.05, 0) is 37.1 Å². The van der Waals surface area contributed by atoms with Crippen LogP contribution in [0.2, 0.25) is 0 Å². The van der Waals surface area contributed by atoms with Crippen molar-refractivity contribution < 1.29 is 4.42 Å². The van der Waals surface area contributed by atoms with Gasteiger partial charge in [0.25, 0.3) is 0 Å². The zero-order chi connectivity index (χ0) is 16.6. The Morgan fingerprint density at radius 1 is 1.36 bits per heavy atom. The number of aromatic nitrogens is 1. The molecule has 0 amide bonds. The molecule has 6 nitrogen and oxygen atoms in total. The predicted octanol–water partition coefficient (Wildman–Crippen LogP) is 2.67. The van der Waals surface area contributed by atoms with Crippen molar-refractivity contribution in [2.45, 2.75) is 25.3 Å². The van der Waals surface area contributed by atoms with Gasteiger partial charge in [0.05, 0.1) is 6.26 Å². The predicted molar refractivity (Wildman–Crippen MR) is 112 cm³/mol. The highest BCUT2D eigenvalue weighted by atomic mass is 127. The van der Waals surface area contributed by atoms with Crippen molar-refractivity contribution in [3.8, 4) is 0 Å². The van der Waals surface area contributed by atoms with Crippen LogP contribution in [0.5, 0.6) is 0 Å². The summed E-state index contributed by atoms with van der Waals surface area (Å²) in [6, 6.07) is 10.3. The molecule has 0 spiro atoms. The summed E-state index contributed by atoms with van der Waals surface area (Å²) in [4.78, 5) is 11.1. The molecule has 1 aliphatic rings. The summed E-state index contributed by atoms with van der Waals surface area (Å²) < 4.78 is 5.35. The Morgan fingerprint density at radius 2 is 2.28 bits per heavy atom. The Balaban J connectivity index is 0.00000225. The summed E-state index contributed by atoms with van der Waals surface area (Å²) >= 11 is 0. The van der Waals surface area contributed by atoms with Crippen molar-refractivity contribution >= 4 is 35.8 Å². The van der Waals surface area contributed by atoms with Crippen molar-refractivity contribution in [3.63, 3.8) is 0 Å². The molecule has 0 aliphatic carbocycles. The number of guanidine groups is 1. The van der Waals surface area contributed by atoms with Crippen molar-refractivity contribution in [2.24, 2.45) is 4.99 Å². The average Bonchev–Trinajstić information content (AvgIpc) is 3.15. The molecule has 25 heavy (non-hydrogen) atoms. The van der Waals surface area contributed by atoms with E-state index in [2.05, 4.69) is 31.6 Å². The molecule has 0 aromatic carbocycles. The highest BCUT2D eigenvalue weighted by Crippen LogP contribution is 2.17. The van der Waals surface area contributed by atoms with E-state index in [1.807, 2.05) is 37.5 Å². The minimum absolute atomic E-state index is 0. The van der Waals surface area contributed by atoms with Crippen LogP contribution in [0.4, 0.5) is 5.82 Å². The maximum absolute atomic E-state index is 5.35. The van der Waals surface area contributed by atoms with E-state index in [9.17, 15) is 0 Å². The van der Waals surface area contributed by atoms with Crippen molar-refractivity contribution in [2.75, 3.05) is 31.6 Å². The number of anilines is 1. The van der Waals surface area contributed by atoms with Crippen LogP contribution >= 0.6 is 24.0 Å². The van der Waals surface area contributed by atoms with Gasteiger partial charge >= 0.3 is 0 Å². The molecule has 3 rings (SSSR count). The third-order valence-electron chi connectivity index (χ3n) is 4.20. The number of nitrogens with one attached hydrogen (secondary N) is 2. The smallest absolute Gasteiger partial charge is 0.191 e. The van der Waals surface area contributed by atoms with E-state index in [0.717, 1.165) is 56.4 Å². The van der Waals surface area contributed by atoms with E-state index in [1.54, 1.807) is 6.26 Å². The molecular weight excluding hydrogens is 429 g/mol.